The van der Waals surface area contributed by atoms with E-state index < -0.39 is 17.8 Å². The van der Waals surface area contributed by atoms with Crippen molar-refractivity contribution in [1.82, 2.24) is 5.27 Å². The van der Waals surface area contributed by atoms with Crippen LogP contribution in [-0.4, -0.2) is 30.0 Å². The van der Waals surface area contributed by atoms with E-state index in [0.717, 1.165) is 17.3 Å². The third-order valence-electron chi connectivity index (χ3n) is 3.80. The smallest absolute Gasteiger partial charge is 0.339 e. The monoisotopic (exact) mass is 399 g/mol. The zero-order chi connectivity index (χ0) is 20.1. The van der Waals surface area contributed by atoms with Crippen LogP contribution >= 0.6 is 11.8 Å². The van der Waals surface area contributed by atoms with Crippen LogP contribution in [0.4, 0.5) is 5.69 Å². The molecular weight excluding hydrogens is 382 g/mol. The summed E-state index contributed by atoms with van der Waals surface area (Å²) in [6, 6.07) is 13.9. The normalized spacial score (nSPS) is 10.5. The highest BCUT2D eigenvalue weighted by Gasteiger charge is 2.22. The third-order valence-corrected chi connectivity index (χ3v) is 4.82. The first-order valence-corrected chi connectivity index (χ1v) is 9.24. The number of esters is 1. The minimum absolute atomic E-state index is 0.0716. The van der Waals surface area contributed by atoms with Gasteiger partial charge in [0.15, 0.2) is 5.95 Å². The largest absolute Gasteiger partial charge is 0.538 e. The summed E-state index contributed by atoms with van der Waals surface area (Å²) >= 11 is 0.993. The van der Waals surface area contributed by atoms with Crippen molar-refractivity contribution in [3.63, 3.8) is 0 Å². The van der Waals surface area contributed by atoms with Crippen molar-refractivity contribution < 1.29 is 28.6 Å². The van der Waals surface area contributed by atoms with E-state index in [2.05, 4.69) is 10.6 Å². The van der Waals surface area contributed by atoms with Crippen molar-refractivity contribution in [1.29, 1.82) is 0 Å². The Bertz CT molecular complexity index is 1000. The third kappa shape index (κ3) is 4.32. The predicted molar refractivity (Wildman–Crippen MR) is 99.4 cm³/mol. The fourth-order valence-electron chi connectivity index (χ4n) is 2.41. The van der Waals surface area contributed by atoms with Crippen molar-refractivity contribution >= 4 is 29.3 Å². The minimum Gasteiger partial charge on any atom is -0.538 e. The van der Waals surface area contributed by atoms with Crippen LogP contribution in [0.25, 0.3) is 5.69 Å². The lowest BCUT2D eigenvalue weighted by Crippen LogP contribution is -2.35. The van der Waals surface area contributed by atoms with Gasteiger partial charge in [-0.15, -0.1) is 0 Å². The van der Waals surface area contributed by atoms with E-state index >= 15 is 0 Å². The minimum atomic E-state index is -0.631. The van der Waals surface area contributed by atoms with Crippen LogP contribution in [0.1, 0.15) is 15.9 Å². The molecule has 0 aliphatic rings. The molecule has 0 aliphatic heterocycles. The number of anilines is 1. The molecule has 1 N–H and O–H groups in total. The van der Waals surface area contributed by atoms with Crippen LogP contribution in [0.3, 0.4) is 0 Å². The van der Waals surface area contributed by atoms with Crippen molar-refractivity contribution in [2.24, 2.45) is 0 Å². The molecule has 1 heterocycles. The van der Waals surface area contributed by atoms with E-state index in [1.54, 1.807) is 36.4 Å². The lowest BCUT2D eigenvalue weighted by atomic mass is 10.2. The fourth-order valence-corrected chi connectivity index (χ4v) is 3.17. The predicted octanol–water partition coefficient (Wildman–Crippen LogP) is 1.85. The van der Waals surface area contributed by atoms with Gasteiger partial charge in [-0.2, -0.15) is 0 Å². The molecule has 0 fully saturated rings. The molecule has 144 valence electrons. The second-order valence-corrected chi connectivity index (χ2v) is 6.75. The van der Waals surface area contributed by atoms with Crippen molar-refractivity contribution in [3.05, 3.63) is 59.7 Å². The second-order valence-electron chi connectivity index (χ2n) is 5.79. The average molecular weight is 399 g/mol. The van der Waals surface area contributed by atoms with Gasteiger partial charge in [0.1, 0.15) is 0 Å². The Balaban J connectivity index is 1.72. The van der Waals surface area contributed by atoms with E-state index in [1.165, 1.54) is 11.8 Å². The van der Waals surface area contributed by atoms with Crippen LogP contribution < -0.4 is 15.1 Å². The number of rotatable bonds is 6. The standard InChI is InChI=1S/C19H17N3O5S/c1-12-7-9-13(10-8-12)22-17(19(25)27-21-22)28-11-16(23)20-15-6-4-3-5-14(15)18(24)26-2/h3-10H,11H2,1-2H3,(H-,20,21,23,24,25). The summed E-state index contributed by atoms with van der Waals surface area (Å²) in [5.74, 6) is -1.65. The van der Waals surface area contributed by atoms with E-state index in [9.17, 15) is 14.7 Å². The Morgan fingerprint density at radius 2 is 1.93 bits per heavy atom. The number of aromatic nitrogens is 2. The molecule has 0 bridgehead atoms. The van der Waals surface area contributed by atoms with Gasteiger partial charge in [0.25, 0.3) is 5.03 Å². The summed E-state index contributed by atoms with van der Waals surface area (Å²) in [7, 11) is 1.27. The number of aryl methyl sites for hydroxylation is 1. The Morgan fingerprint density at radius 1 is 1.21 bits per heavy atom. The number of amides is 1. The van der Waals surface area contributed by atoms with Crippen LogP contribution in [-0.2, 0) is 9.53 Å². The van der Waals surface area contributed by atoms with Crippen LogP contribution in [0.5, 0.6) is 5.95 Å². The molecule has 3 rings (SSSR count). The molecule has 3 aromatic rings. The van der Waals surface area contributed by atoms with Gasteiger partial charge in [-0.3, -0.25) is 4.79 Å². The highest BCUT2D eigenvalue weighted by molar-refractivity contribution is 7.99. The molecule has 28 heavy (non-hydrogen) atoms. The highest BCUT2D eigenvalue weighted by Crippen LogP contribution is 2.24. The Hall–Kier alpha value is -3.33. The molecule has 0 saturated carbocycles. The highest BCUT2D eigenvalue weighted by atomic mass is 32.2. The summed E-state index contributed by atoms with van der Waals surface area (Å²) in [4.78, 5) is 24.1. The van der Waals surface area contributed by atoms with Gasteiger partial charge < -0.3 is 19.7 Å². The fraction of sp³-hybridized carbons (Fsp3) is 0.158. The molecule has 0 saturated heterocycles. The molecule has 0 spiro atoms. The molecule has 2 aromatic carbocycles. The lowest BCUT2D eigenvalue weighted by Gasteiger charge is -2.08. The van der Waals surface area contributed by atoms with Gasteiger partial charge in [0.05, 0.1) is 29.4 Å². The number of thioether (sulfide) groups is 1. The number of methoxy groups -OCH3 is 1. The molecule has 1 aromatic heterocycles. The number of nitrogens with zero attached hydrogens (tertiary/aromatic N) is 2. The second kappa shape index (κ2) is 8.57. The summed E-state index contributed by atoms with van der Waals surface area (Å²) < 4.78 is 10.8. The maximum Gasteiger partial charge on any atom is 0.339 e. The van der Waals surface area contributed by atoms with E-state index in [-0.39, 0.29) is 16.3 Å². The zero-order valence-corrected chi connectivity index (χ0v) is 16.0. The number of para-hydroxylation sites is 1. The summed E-state index contributed by atoms with van der Waals surface area (Å²) in [6.45, 7) is 1.95. The number of hydrogen-bond acceptors (Lipinski definition) is 7. The van der Waals surface area contributed by atoms with Crippen LogP contribution in [0.15, 0.2) is 58.1 Å². The van der Waals surface area contributed by atoms with Crippen molar-refractivity contribution in [2.45, 2.75) is 11.9 Å². The van der Waals surface area contributed by atoms with Crippen LogP contribution in [0, 0.1) is 6.92 Å². The van der Waals surface area contributed by atoms with E-state index in [1.807, 2.05) is 19.1 Å². The first-order valence-electron chi connectivity index (χ1n) is 8.25. The quantitative estimate of drug-likeness (QED) is 0.383. The van der Waals surface area contributed by atoms with Gasteiger partial charge in [-0.1, -0.05) is 29.8 Å². The SMILES string of the molecule is COC(=O)c1ccccc1NC(=O)CSc1c([O-])on[n+]1-c1ccc(C)cc1. The number of benzene rings is 2. The number of carbonyl (C=O) groups excluding carboxylic acids is 2. The maximum atomic E-state index is 12.3. The number of nitrogens with one attached hydrogen (secondary N) is 1. The first-order chi connectivity index (χ1) is 13.5. The van der Waals surface area contributed by atoms with Gasteiger partial charge in [0, 0.05) is 12.1 Å². The van der Waals surface area contributed by atoms with Crippen molar-refractivity contribution in [2.75, 3.05) is 18.2 Å². The number of carbonyl (C=O) groups is 2. The average Bonchev–Trinajstić information content (AvgIpc) is 3.07. The first kappa shape index (κ1) is 19.4. The van der Waals surface area contributed by atoms with Gasteiger partial charge in [-0.25, -0.2) is 4.79 Å². The lowest BCUT2D eigenvalue weighted by molar-refractivity contribution is -0.705. The Kier molecular flexibility index (Phi) is 5.95. The molecule has 0 aliphatic carbocycles. The zero-order valence-electron chi connectivity index (χ0n) is 15.2. The summed E-state index contributed by atoms with van der Waals surface area (Å²) in [6.07, 6.45) is 0. The number of hydrogen-bond donors (Lipinski definition) is 1. The molecule has 0 unspecified atom stereocenters. The number of ether oxygens (including phenoxy) is 1. The topological polar surface area (TPSA) is 108 Å². The van der Waals surface area contributed by atoms with Gasteiger partial charge in [-0.05, 0) is 35.5 Å². The Morgan fingerprint density at radius 3 is 2.64 bits per heavy atom. The van der Waals surface area contributed by atoms with Crippen molar-refractivity contribution in [3.8, 4) is 11.6 Å². The Labute approximate surface area is 165 Å². The molecular formula is C19H17N3O5S. The molecule has 0 atom stereocenters. The van der Waals surface area contributed by atoms with Gasteiger partial charge >= 0.3 is 5.97 Å². The van der Waals surface area contributed by atoms with Gasteiger partial charge in [0.2, 0.25) is 11.6 Å². The van der Waals surface area contributed by atoms with Crippen LogP contribution in [0.2, 0.25) is 0 Å². The van der Waals surface area contributed by atoms with E-state index in [0.29, 0.717) is 11.4 Å². The summed E-state index contributed by atoms with van der Waals surface area (Å²) in [5, 5.41) is 18.5. The molecule has 9 heteroatoms. The maximum absolute atomic E-state index is 12.3. The summed E-state index contributed by atoms with van der Waals surface area (Å²) in [5.41, 5.74) is 2.29. The van der Waals surface area contributed by atoms with E-state index in [4.69, 9.17) is 9.26 Å². The molecule has 8 nitrogen and oxygen atoms in total. The molecule has 0 radical (unpaired) electrons. The molecule has 1 amide bonds.